The lowest BCUT2D eigenvalue weighted by Crippen LogP contribution is -2.54. The van der Waals surface area contributed by atoms with Crippen LogP contribution in [0.4, 0.5) is 9.59 Å². The fourth-order valence-corrected chi connectivity index (χ4v) is 3.02. The predicted octanol–water partition coefficient (Wildman–Crippen LogP) is 4.55. The number of nitrogens with zero attached hydrogens (tertiary/aromatic N) is 1. The van der Waals surface area contributed by atoms with E-state index in [1.807, 2.05) is 6.92 Å². The van der Waals surface area contributed by atoms with Crippen LogP contribution in [0.3, 0.4) is 0 Å². The first kappa shape index (κ1) is 21.5. The Hall–Kier alpha value is -1.59. The minimum absolute atomic E-state index is 0.0775. The van der Waals surface area contributed by atoms with Crippen LogP contribution in [0, 0.1) is 11.8 Å². The molecule has 0 aromatic carbocycles. The SMILES string of the molecule is CCC(C1CCC1)C(C=O)N(C(=O)OC(C)(C)C)C(=O)OC(C)(C)C. The molecule has 1 rings (SSSR count). The molecule has 1 aliphatic rings. The minimum atomic E-state index is -0.875. The number of carbonyl (C=O) groups is 3. The molecule has 25 heavy (non-hydrogen) atoms. The normalized spacial score (nSPS) is 17.9. The highest BCUT2D eigenvalue weighted by atomic mass is 16.6. The van der Waals surface area contributed by atoms with Gasteiger partial charge in [-0.1, -0.05) is 32.6 Å². The van der Waals surface area contributed by atoms with Gasteiger partial charge in [-0.25, -0.2) is 14.5 Å². The van der Waals surface area contributed by atoms with Crippen molar-refractivity contribution in [1.82, 2.24) is 4.90 Å². The second kappa shape index (κ2) is 8.19. The van der Waals surface area contributed by atoms with E-state index < -0.39 is 29.4 Å². The van der Waals surface area contributed by atoms with Crippen LogP contribution < -0.4 is 0 Å². The third-order valence-corrected chi connectivity index (χ3v) is 4.28. The summed E-state index contributed by atoms with van der Waals surface area (Å²) in [5.41, 5.74) is -1.55. The van der Waals surface area contributed by atoms with E-state index in [9.17, 15) is 14.4 Å². The Morgan fingerprint density at radius 2 is 1.48 bits per heavy atom. The standard InChI is InChI=1S/C19H33NO5/c1-8-14(13-10-9-11-13)15(12-21)20(16(22)24-18(2,3)4)17(23)25-19(5,6)7/h12-15H,8-11H2,1-7H3. The van der Waals surface area contributed by atoms with Crippen LogP contribution in [0.15, 0.2) is 0 Å². The monoisotopic (exact) mass is 355 g/mol. The van der Waals surface area contributed by atoms with Crippen LogP contribution in [0.25, 0.3) is 0 Å². The first-order valence-electron chi connectivity index (χ1n) is 9.10. The van der Waals surface area contributed by atoms with Gasteiger partial charge in [-0.05, 0) is 53.4 Å². The van der Waals surface area contributed by atoms with Gasteiger partial charge in [-0.3, -0.25) is 0 Å². The molecule has 1 aliphatic carbocycles. The van der Waals surface area contributed by atoms with Gasteiger partial charge in [0.1, 0.15) is 23.5 Å². The Labute approximate surface area is 151 Å². The van der Waals surface area contributed by atoms with Gasteiger partial charge < -0.3 is 14.3 Å². The lowest BCUT2D eigenvalue weighted by Gasteiger charge is -2.40. The first-order valence-corrected chi connectivity index (χ1v) is 9.10. The molecule has 1 saturated carbocycles. The van der Waals surface area contributed by atoms with Crippen LogP contribution in [0.2, 0.25) is 0 Å². The highest BCUT2D eigenvalue weighted by Crippen LogP contribution is 2.38. The quantitative estimate of drug-likeness (QED) is 0.676. The molecule has 0 heterocycles. The fraction of sp³-hybridized carbons (Fsp3) is 0.842. The number of ether oxygens (including phenoxy) is 2. The largest absolute Gasteiger partial charge is 0.443 e. The maximum atomic E-state index is 12.7. The third kappa shape index (κ3) is 6.33. The Balaban J connectivity index is 3.14. The molecule has 2 atom stereocenters. The van der Waals surface area contributed by atoms with Crippen LogP contribution in [0.5, 0.6) is 0 Å². The number of carbonyl (C=O) groups excluding carboxylic acids is 3. The number of hydrogen-bond acceptors (Lipinski definition) is 5. The highest BCUT2D eigenvalue weighted by Gasteiger charge is 2.43. The fourth-order valence-electron chi connectivity index (χ4n) is 3.02. The second-order valence-electron chi connectivity index (χ2n) is 8.72. The molecule has 0 bridgehead atoms. The molecule has 2 unspecified atom stereocenters. The molecule has 0 aromatic rings. The lowest BCUT2D eigenvalue weighted by molar-refractivity contribution is -0.115. The zero-order valence-corrected chi connectivity index (χ0v) is 16.6. The Bertz CT molecular complexity index is 457. The molecule has 144 valence electrons. The topological polar surface area (TPSA) is 72.9 Å². The molecule has 0 radical (unpaired) electrons. The van der Waals surface area contributed by atoms with Crippen molar-refractivity contribution in [1.29, 1.82) is 0 Å². The van der Waals surface area contributed by atoms with E-state index in [-0.39, 0.29) is 5.92 Å². The Morgan fingerprint density at radius 1 is 1.04 bits per heavy atom. The van der Waals surface area contributed by atoms with Gasteiger partial charge in [0.15, 0.2) is 0 Å². The number of hydrogen-bond donors (Lipinski definition) is 0. The molecule has 0 spiro atoms. The zero-order valence-electron chi connectivity index (χ0n) is 16.6. The summed E-state index contributed by atoms with van der Waals surface area (Å²) < 4.78 is 10.7. The molecule has 1 fully saturated rings. The van der Waals surface area contributed by atoms with Gasteiger partial charge in [0.05, 0.1) is 0 Å². The zero-order chi connectivity index (χ0) is 19.4. The lowest BCUT2D eigenvalue weighted by atomic mass is 9.71. The van der Waals surface area contributed by atoms with Gasteiger partial charge >= 0.3 is 12.2 Å². The van der Waals surface area contributed by atoms with E-state index in [1.165, 1.54) is 0 Å². The van der Waals surface area contributed by atoms with E-state index in [2.05, 4.69) is 0 Å². The molecule has 6 nitrogen and oxygen atoms in total. The van der Waals surface area contributed by atoms with E-state index in [0.29, 0.717) is 18.6 Å². The van der Waals surface area contributed by atoms with Crippen LogP contribution >= 0.6 is 0 Å². The Kier molecular flexibility index (Phi) is 7.03. The van der Waals surface area contributed by atoms with Crippen molar-refractivity contribution in [2.24, 2.45) is 11.8 Å². The van der Waals surface area contributed by atoms with Gasteiger partial charge in [-0.2, -0.15) is 0 Å². The Morgan fingerprint density at radius 3 is 1.72 bits per heavy atom. The highest BCUT2D eigenvalue weighted by molar-refractivity contribution is 5.91. The molecule has 6 heteroatoms. The van der Waals surface area contributed by atoms with Crippen molar-refractivity contribution < 1.29 is 23.9 Å². The first-order chi connectivity index (χ1) is 11.4. The van der Waals surface area contributed by atoms with Crippen molar-refractivity contribution in [3.63, 3.8) is 0 Å². The molecule has 2 amide bonds. The van der Waals surface area contributed by atoms with E-state index >= 15 is 0 Å². The summed E-state index contributed by atoms with van der Waals surface area (Å²) in [7, 11) is 0. The average molecular weight is 355 g/mol. The van der Waals surface area contributed by atoms with Crippen molar-refractivity contribution >= 4 is 18.5 Å². The van der Waals surface area contributed by atoms with Crippen LogP contribution in [-0.2, 0) is 14.3 Å². The van der Waals surface area contributed by atoms with E-state index in [0.717, 1.165) is 24.2 Å². The maximum Gasteiger partial charge on any atom is 0.420 e. The van der Waals surface area contributed by atoms with Crippen molar-refractivity contribution in [3.05, 3.63) is 0 Å². The molecule has 0 aromatic heterocycles. The third-order valence-electron chi connectivity index (χ3n) is 4.28. The number of aldehydes is 1. The molecular weight excluding hydrogens is 322 g/mol. The summed E-state index contributed by atoms with van der Waals surface area (Å²) >= 11 is 0. The van der Waals surface area contributed by atoms with Gasteiger partial charge in [0.25, 0.3) is 0 Å². The van der Waals surface area contributed by atoms with Gasteiger partial charge in [0.2, 0.25) is 0 Å². The van der Waals surface area contributed by atoms with Crippen LogP contribution in [0.1, 0.15) is 74.1 Å². The number of rotatable bonds is 5. The summed E-state index contributed by atoms with van der Waals surface area (Å²) in [6, 6.07) is -0.875. The summed E-state index contributed by atoms with van der Waals surface area (Å²) in [5, 5.41) is 0. The molecule has 0 aliphatic heterocycles. The summed E-state index contributed by atoms with van der Waals surface area (Å²) in [5.74, 6) is 0.263. The van der Waals surface area contributed by atoms with Crippen molar-refractivity contribution in [2.75, 3.05) is 0 Å². The smallest absolute Gasteiger partial charge is 0.420 e. The predicted molar refractivity (Wildman–Crippen MR) is 95.3 cm³/mol. The summed E-state index contributed by atoms with van der Waals surface area (Å²) in [4.78, 5) is 38.1. The average Bonchev–Trinajstić information content (AvgIpc) is 2.35. The summed E-state index contributed by atoms with van der Waals surface area (Å²) in [6.07, 6.45) is 2.86. The van der Waals surface area contributed by atoms with Gasteiger partial charge in [0, 0.05) is 0 Å². The van der Waals surface area contributed by atoms with Crippen molar-refractivity contribution in [3.8, 4) is 0 Å². The van der Waals surface area contributed by atoms with E-state index in [4.69, 9.17) is 9.47 Å². The van der Waals surface area contributed by atoms with E-state index in [1.54, 1.807) is 41.5 Å². The summed E-state index contributed by atoms with van der Waals surface area (Å²) in [6.45, 7) is 12.3. The van der Waals surface area contributed by atoms with Crippen molar-refractivity contribution in [2.45, 2.75) is 91.4 Å². The number of imide groups is 1. The molecule has 0 saturated heterocycles. The van der Waals surface area contributed by atoms with Gasteiger partial charge in [-0.15, -0.1) is 0 Å². The number of amides is 2. The van der Waals surface area contributed by atoms with Crippen LogP contribution in [-0.4, -0.2) is 40.6 Å². The maximum absolute atomic E-state index is 12.7. The second-order valence-corrected chi connectivity index (χ2v) is 8.72. The minimum Gasteiger partial charge on any atom is -0.443 e. The molecule has 0 N–H and O–H groups in total. The molecular formula is C19H33NO5.